The molecule has 5 heteroatoms. The number of carbonyl (C=O) groups is 1. The van der Waals surface area contributed by atoms with Gasteiger partial charge in [-0.05, 0) is 37.0 Å². The number of carbonyl (C=O) groups excluding carboxylic acids is 1. The average molecular weight is 358 g/mol. The highest BCUT2D eigenvalue weighted by Crippen LogP contribution is 2.17. The molecule has 0 fully saturated rings. The van der Waals surface area contributed by atoms with E-state index in [1.807, 2.05) is 24.3 Å². The van der Waals surface area contributed by atoms with Crippen molar-refractivity contribution >= 4 is 21.8 Å². The van der Waals surface area contributed by atoms with Crippen molar-refractivity contribution in [1.29, 1.82) is 0 Å². The Hall–Kier alpha value is -1.07. The second-order valence-corrected chi connectivity index (χ2v) is 5.94. The minimum Gasteiger partial charge on any atom is -0.493 e. The number of aliphatic hydroxyl groups excluding tert-OH is 1. The lowest BCUT2D eigenvalue weighted by Gasteiger charge is -2.15. The molecule has 0 heterocycles. The minimum absolute atomic E-state index is 0.0101. The maximum Gasteiger partial charge on any atom is 0.223 e. The maximum atomic E-state index is 11.8. The van der Waals surface area contributed by atoms with Crippen molar-refractivity contribution < 1.29 is 14.6 Å². The zero-order valence-corrected chi connectivity index (χ0v) is 14.1. The van der Waals surface area contributed by atoms with Gasteiger partial charge < -0.3 is 15.2 Å². The number of rotatable bonds is 10. The van der Waals surface area contributed by atoms with Crippen LogP contribution in [0.1, 0.15) is 32.6 Å². The average Bonchev–Trinajstić information content (AvgIpc) is 2.45. The molecule has 0 bridgehead atoms. The molecule has 0 spiro atoms. The highest BCUT2D eigenvalue weighted by atomic mass is 79.9. The van der Waals surface area contributed by atoms with Crippen molar-refractivity contribution in [3.8, 4) is 5.75 Å². The number of nitrogens with one attached hydrogen (secondary N) is 1. The summed E-state index contributed by atoms with van der Waals surface area (Å²) in [6.07, 6.45) is 3.16. The molecular formula is C16H24BrNO3. The van der Waals surface area contributed by atoms with Crippen LogP contribution in [-0.2, 0) is 4.79 Å². The Morgan fingerprint density at radius 2 is 2.24 bits per heavy atom. The number of hydrogen-bond donors (Lipinski definition) is 2. The molecule has 0 saturated carbocycles. The van der Waals surface area contributed by atoms with Crippen molar-refractivity contribution in [3.05, 3.63) is 28.7 Å². The van der Waals surface area contributed by atoms with Crippen LogP contribution in [0.2, 0.25) is 0 Å². The van der Waals surface area contributed by atoms with Crippen LogP contribution in [0, 0.1) is 5.92 Å². The Balaban J connectivity index is 2.21. The van der Waals surface area contributed by atoms with Gasteiger partial charge in [-0.1, -0.05) is 35.3 Å². The van der Waals surface area contributed by atoms with Gasteiger partial charge in [0.1, 0.15) is 5.75 Å². The van der Waals surface area contributed by atoms with E-state index in [1.165, 1.54) is 0 Å². The molecule has 1 amide bonds. The molecule has 1 unspecified atom stereocenters. The summed E-state index contributed by atoms with van der Waals surface area (Å²) in [5.74, 6) is 1.10. The van der Waals surface area contributed by atoms with Gasteiger partial charge in [0.25, 0.3) is 0 Å². The van der Waals surface area contributed by atoms with Crippen LogP contribution in [0.15, 0.2) is 28.7 Å². The number of aliphatic hydroxyl groups is 1. The van der Waals surface area contributed by atoms with Gasteiger partial charge in [0, 0.05) is 17.6 Å². The molecule has 0 saturated heterocycles. The Morgan fingerprint density at radius 3 is 2.90 bits per heavy atom. The molecule has 1 atom stereocenters. The second kappa shape index (κ2) is 10.6. The highest BCUT2D eigenvalue weighted by molar-refractivity contribution is 9.10. The number of hydrogen-bond acceptors (Lipinski definition) is 3. The summed E-state index contributed by atoms with van der Waals surface area (Å²) in [7, 11) is 0. The van der Waals surface area contributed by atoms with Crippen molar-refractivity contribution in [2.45, 2.75) is 32.6 Å². The fourth-order valence-corrected chi connectivity index (χ4v) is 2.48. The summed E-state index contributed by atoms with van der Waals surface area (Å²) in [5.41, 5.74) is 0. The van der Waals surface area contributed by atoms with E-state index in [1.54, 1.807) is 0 Å². The Kier molecular flexibility index (Phi) is 9.10. The van der Waals surface area contributed by atoms with Crippen LogP contribution >= 0.6 is 15.9 Å². The van der Waals surface area contributed by atoms with Gasteiger partial charge in [0.2, 0.25) is 5.91 Å². The van der Waals surface area contributed by atoms with Crippen molar-refractivity contribution in [3.63, 3.8) is 0 Å². The number of halogens is 1. The lowest BCUT2D eigenvalue weighted by molar-refractivity contribution is -0.121. The second-order valence-electron chi connectivity index (χ2n) is 5.03. The predicted molar refractivity (Wildman–Crippen MR) is 87.4 cm³/mol. The topological polar surface area (TPSA) is 58.6 Å². The monoisotopic (exact) mass is 357 g/mol. The van der Waals surface area contributed by atoms with E-state index in [2.05, 4.69) is 28.2 Å². The van der Waals surface area contributed by atoms with Gasteiger partial charge in [-0.3, -0.25) is 4.79 Å². The first kappa shape index (κ1) is 18.0. The number of amides is 1. The van der Waals surface area contributed by atoms with E-state index in [4.69, 9.17) is 9.84 Å². The summed E-state index contributed by atoms with van der Waals surface area (Å²) in [6, 6.07) is 7.55. The molecule has 2 N–H and O–H groups in total. The van der Waals surface area contributed by atoms with Gasteiger partial charge in [-0.25, -0.2) is 0 Å². The van der Waals surface area contributed by atoms with E-state index in [-0.39, 0.29) is 12.5 Å². The molecule has 1 aromatic rings. The van der Waals surface area contributed by atoms with Crippen LogP contribution < -0.4 is 10.1 Å². The number of benzene rings is 1. The molecule has 0 radical (unpaired) electrons. The number of ether oxygens (including phenoxy) is 1. The first-order chi connectivity index (χ1) is 10.2. The van der Waals surface area contributed by atoms with Crippen LogP contribution in [-0.4, -0.2) is 30.8 Å². The van der Waals surface area contributed by atoms with Crippen LogP contribution in [0.25, 0.3) is 0 Å². The third kappa shape index (κ3) is 8.07. The Morgan fingerprint density at radius 1 is 1.43 bits per heavy atom. The summed E-state index contributed by atoms with van der Waals surface area (Å²) >= 11 is 3.37. The first-order valence-electron chi connectivity index (χ1n) is 7.41. The van der Waals surface area contributed by atoms with Crippen LogP contribution in [0.5, 0.6) is 5.75 Å². The van der Waals surface area contributed by atoms with E-state index in [9.17, 15) is 4.79 Å². The summed E-state index contributed by atoms with van der Waals surface area (Å²) in [5, 5.41) is 11.9. The van der Waals surface area contributed by atoms with Gasteiger partial charge in [-0.2, -0.15) is 0 Å². The minimum atomic E-state index is -0.0101. The van der Waals surface area contributed by atoms with E-state index in [0.29, 0.717) is 25.5 Å². The van der Waals surface area contributed by atoms with E-state index < -0.39 is 0 Å². The largest absolute Gasteiger partial charge is 0.493 e. The van der Waals surface area contributed by atoms with E-state index in [0.717, 1.165) is 29.5 Å². The van der Waals surface area contributed by atoms with Crippen molar-refractivity contribution in [2.24, 2.45) is 5.92 Å². The van der Waals surface area contributed by atoms with Gasteiger partial charge in [0.05, 0.1) is 13.0 Å². The third-order valence-corrected chi connectivity index (χ3v) is 3.71. The van der Waals surface area contributed by atoms with Crippen LogP contribution in [0.3, 0.4) is 0 Å². The van der Waals surface area contributed by atoms with Crippen molar-refractivity contribution in [1.82, 2.24) is 5.32 Å². The summed E-state index contributed by atoms with van der Waals surface area (Å²) in [4.78, 5) is 11.8. The SMILES string of the molecule is CCCC(CCO)CNC(=O)CCOc1cccc(Br)c1. The third-order valence-electron chi connectivity index (χ3n) is 3.22. The molecule has 1 aromatic carbocycles. The lowest BCUT2D eigenvalue weighted by Crippen LogP contribution is -2.30. The Labute approximate surface area is 135 Å². The van der Waals surface area contributed by atoms with Gasteiger partial charge >= 0.3 is 0 Å². The van der Waals surface area contributed by atoms with Crippen molar-refractivity contribution in [2.75, 3.05) is 19.8 Å². The molecule has 4 nitrogen and oxygen atoms in total. The summed E-state index contributed by atoms with van der Waals surface area (Å²) in [6.45, 7) is 3.27. The zero-order chi connectivity index (χ0) is 15.5. The summed E-state index contributed by atoms with van der Waals surface area (Å²) < 4.78 is 6.48. The molecular weight excluding hydrogens is 334 g/mol. The fraction of sp³-hybridized carbons (Fsp3) is 0.562. The molecule has 0 aliphatic heterocycles. The highest BCUT2D eigenvalue weighted by Gasteiger charge is 2.09. The fourth-order valence-electron chi connectivity index (χ4n) is 2.10. The molecule has 0 aliphatic carbocycles. The maximum absolute atomic E-state index is 11.8. The van der Waals surface area contributed by atoms with Gasteiger partial charge in [0.15, 0.2) is 0 Å². The first-order valence-corrected chi connectivity index (χ1v) is 8.21. The quantitative estimate of drug-likeness (QED) is 0.676. The van der Waals surface area contributed by atoms with Crippen LogP contribution in [0.4, 0.5) is 0 Å². The zero-order valence-electron chi connectivity index (χ0n) is 12.5. The standard InChI is InChI=1S/C16H24BrNO3/c1-2-4-13(7-9-19)12-18-16(20)8-10-21-15-6-3-5-14(17)11-15/h3,5-6,11,13,19H,2,4,7-10,12H2,1H3,(H,18,20). The smallest absolute Gasteiger partial charge is 0.223 e. The van der Waals surface area contributed by atoms with Gasteiger partial charge in [-0.15, -0.1) is 0 Å². The molecule has 0 aliphatic rings. The molecule has 118 valence electrons. The lowest BCUT2D eigenvalue weighted by atomic mass is 10.0. The molecule has 1 rings (SSSR count). The normalized spacial score (nSPS) is 12.0. The Bertz CT molecular complexity index is 420. The van der Waals surface area contributed by atoms with E-state index >= 15 is 0 Å². The molecule has 0 aromatic heterocycles. The predicted octanol–water partition coefficient (Wildman–Crippen LogP) is 3.13. The molecule has 21 heavy (non-hydrogen) atoms.